The fraction of sp³-hybridized carbons (Fsp3) is 0.158. The molecule has 0 saturated carbocycles. The number of rotatable bonds is 6. The molecule has 0 aliphatic heterocycles. The minimum absolute atomic E-state index is 0.124. The number of hydrogen-bond acceptors (Lipinski definition) is 5. The Morgan fingerprint density at radius 1 is 1.11 bits per heavy atom. The monoisotopic (exact) mass is 382 g/mol. The lowest BCUT2D eigenvalue weighted by molar-refractivity contribution is 0.289. The minimum Gasteiger partial charge on any atom is -0.361 e. The number of anilines is 2. The van der Waals surface area contributed by atoms with Crippen molar-refractivity contribution in [3.8, 4) is 11.5 Å². The lowest BCUT2D eigenvalue weighted by atomic mass is 10.1. The molecule has 28 heavy (non-hydrogen) atoms. The second kappa shape index (κ2) is 7.55. The largest absolute Gasteiger partial charge is 0.361 e. The quantitative estimate of drug-likeness (QED) is 0.534. The zero-order valence-corrected chi connectivity index (χ0v) is 14.6. The Kier molecular flexibility index (Phi) is 4.79. The third-order valence-corrected chi connectivity index (χ3v) is 4.35. The molecule has 2 N–H and O–H groups in total. The molecule has 1 aromatic carbocycles. The Bertz CT molecular complexity index is 1160. The van der Waals surface area contributed by atoms with Gasteiger partial charge in [0.15, 0.2) is 11.3 Å². The molecule has 7 nitrogen and oxygen atoms in total. The van der Waals surface area contributed by atoms with Gasteiger partial charge in [-0.2, -0.15) is 0 Å². The Morgan fingerprint density at radius 2 is 1.93 bits per heavy atom. The van der Waals surface area contributed by atoms with Gasteiger partial charge in [-0.1, -0.05) is 12.1 Å². The van der Waals surface area contributed by atoms with Gasteiger partial charge in [-0.3, -0.25) is 4.79 Å². The van der Waals surface area contributed by atoms with Crippen LogP contribution in [0.25, 0.3) is 22.4 Å². The Balaban J connectivity index is 1.72. The van der Waals surface area contributed by atoms with E-state index in [1.54, 1.807) is 30.5 Å². The van der Waals surface area contributed by atoms with E-state index in [9.17, 15) is 13.6 Å². The van der Waals surface area contributed by atoms with Crippen LogP contribution >= 0.6 is 0 Å². The van der Waals surface area contributed by atoms with Gasteiger partial charge in [0.2, 0.25) is 0 Å². The first-order valence-electron chi connectivity index (χ1n) is 8.57. The third kappa shape index (κ3) is 3.22. The van der Waals surface area contributed by atoms with Crippen LogP contribution < -0.4 is 10.7 Å². The molecule has 0 bridgehead atoms. The maximum atomic E-state index is 13.1. The summed E-state index contributed by atoms with van der Waals surface area (Å²) in [6, 6.07) is 11.0. The van der Waals surface area contributed by atoms with Crippen molar-refractivity contribution in [2.45, 2.75) is 6.04 Å². The molecule has 0 radical (unpaired) electrons. The summed E-state index contributed by atoms with van der Waals surface area (Å²) in [5.74, 6) is 0.722. The average molecular weight is 382 g/mol. The average Bonchev–Trinajstić information content (AvgIpc) is 3.19. The summed E-state index contributed by atoms with van der Waals surface area (Å²) >= 11 is 0. The van der Waals surface area contributed by atoms with Crippen LogP contribution in [0.3, 0.4) is 0 Å². The smallest absolute Gasteiger partial charge is 0.191 e. The third-order valence-electron chi connectivity index (χ3n) is 4.35. The van der Waals surface area contributed by atoms with Crippen molar-refractivity contribution >= 4 is 22.4 Å². The van der Waals surface area contributed by atoms with Crippen molar-refractivity contribution in [2.75, 3.05) is 18.7 Å². The van der Waals surface area contributed by atoms with Gasteiger partial charge in [0, 0.05) is 12.3 Å². The van der Waals surface area contributed by atoms with E-state index in [0.29, 0.717) is 28.1 Å². The Hall–Kier alpha value is -3.62. The molecule has 4 rings (SSSR count). The summed E-state index contributed by atoms with van der Waals surface area (Å²) in [6.07, 6.45) is 2.87. The number of fused-ring (bicyclic) bond motifs is 1. The fourth-order valence-electron chi connectivity index (χ4n) is 2.98. The second-order valence-electron chi connectivity index (χ2n) is 6.13. The lowest BCUT2D eigenvalue weighted by Crippen LogP contribution is -2.14. The molecule has 9 heteroatoms. The van der Waals surface area contributed by atoms with Crippen molar-refractivity contribution in [3.05, 3.63) is 65.2 Å². The maximum absolute atomic E-state index is 13.1. The molecular formula is C19H16F2N6O. The van der Waals surface area contributed by atoms with Gasteiger partial charge in [-0.15, -0.1) is 10.2 Å². The number of alkyl halides is 2. The van der Waals surface area contributed by atoms with Gasteiger partial charge in [-0.05, 0) is 24.3 Å². The van der Waals surface area contributed by atoms with E-state index in [4.69, 9.17) is 0 Å². The van der Waals surface area contributed by atoms with Crippen molar-refractivity contribution in [1.29, 1.82) is 0 Å². The molecule has 142 valence electrons. The predicted octanol–water partition coefficient (Wildman–Crippen LogP) is 3.41. The van der Waals surface area contributed by atoms with E-state index in [2.05, 4.69) is 25.5 Å². The molecule has 0 fully saturated rings. The molecule has 0 saturated heterocycles. The van der Waals surface area contributed by atoms with E-state index < -0.39 is 19.4 Å². The zero-order chi connectivity index (χ0) is 19.5. The number of halogens is 2. The molecule has 0 aliphatic carbocycles. The highest BCUT2D eigenvalue weighted by Crippen LogP contribution is 2.25. The minimum atomic E-state index is -1.000. The Labute approximate surface area is 158 Å². The van der Waals surface area contributed by atoms with Crippen molar-refractivity contribution < 1.29 is 8.78 Å². The van der Waals surface area contributed by atoms with Gasteiger partial charge in [0.05, 0.1) is 22.6 Å². The summed E-state index contributed by atoms with van der Waals surface area (Å²) in [6.45, 7) is -1.75. The van der Waals surface area contributed by atoms with Crippen LogP contribution in [0.5, 0.6) is 0 Å². The summed E-state index contributed by atoms with van der Waals surface area (Å²) < 4.78 is 27.5. The molecule has 0 spiro atoms. The van der Waals surface area contributed by atoms with Crippen LogP contribution in [0, 0.1) is 0 Å². The number of nitrogens with one attached hydrogen (secondary N) is 2. The summed E-state index contributed by atoms with van der Waals surface area (Å²) in [5.41, 5.74) is 1.57. The summed E-state index contributed by atoms with van der Waals surface area (Å²) in [5, 5.41) is 11.3. The van der Waals surface area contributed by atoms with Crippen LogP contribution in [-0.4, -0.2) is 38.1 Å². The molecule has 0 unspecified atom stereocenters. The highest BCUT2D eigenvalue weighted by molar-refractivity contribution is 5.92. The lowest BCUT2D eigenvalue weighted by Gasteiger charge is -2.13. The first-order valence-corrected chi connectivity index (χ1v) is 8.57. The first kappa shape index (κ1) is 17.8. The van der Waals surface area contributed by atoms with Gasteiger partial charge >= 0.3 is 0 Å². The number of aromatic nitrogens is 5. The van der Waals surface area contributed by atoms with E-state index in [1.165, 1.54) is 17.0 Å². The standard InChI is InChI=1S/C19H16F2N6O/c20-9-12(10-21)27-11-23-26-19(27)15-5-2-6-17(25-15)24-14-4-1-3-13-18(14)16(28)7-8-22-13/h1-8,11-12H,9-10H2,(H,22,28)(H,24,25). The summed E-state index contributed by atoms with van der Waals surface area (Å²) in [7, 11) is 0. The van der Waals surface area contributed by atoms with Crippen molar-refractivity contribution in [3.63, 3.8) is 0 Å². The molecule has 0 aliphatic rings. The second-order valence-corrected chi connectivity index (χ2v) is 6.13. The molecule has 4 aromatic rings. The topological polar surface area (TPSA) is 88.5 Å². The normalized spacial score (nSPS) is 11.2. The SMILES string of the molecule is O=c1cc[nH]c2cccc(Nc3cccc(-c4nncn4C(CF)CF)n3)c12. The molecule has 0 atom stereocenters. The van der Waals surface area contributed by atoms with E-state index >= 15 is 0 Å². The van der Waals surface area contributed by atoms with E-state index in [0.717, 1.165) is 0 Å². The van der Waals surface area contributed by atoms with Crippen LogP contribution in [-0.2, 0) is 0 Å². The fourth-order valence-corrected chi connectivity index (χ4v) is 2.98. The van der Waals surface area contributed by atoms with E-state index in [1.807, 2.05) is 12.1 Å². The van der Waals surface area contributed by atoms with Crippen LogP contribution in [0.15, 0.2) is 59.8 Å². The van der Waals surface area contributed by atoms with Crippen LogP contribution in [0.2, 0.25) is 0 Å². The van der Waals surface area contributed by atoms with Gasteiger partial charge < -0.3 is 14.9 Å². The number of aromatic amines is 1. The molecule has 3 aromatic heterocycles. The maximum Gasteiger partial charge on any atom is 0.191 e. The molecule has 0 amide bonds. The first-order chi connectivity index (χ1) is 13.7. The van der Waals surface area contributed by atoms with Gasteiger partial charge in [0.1, 0.15) is 31.2 Å². The molecule has 3 heterocycles. The number of H-pyrrole nitrogens is 1. The number of benzene rings is 1. The van der Waals surface area contributed by atoms with Crippen molar-refractivity contribution in [2.24, 2.45) is 0 Å². The summed E-state index contributed by atoms with van der Waals surface area (Å²) in [4.78, 5) is 19.8. The van der Waals surface area contributed by atoms with Crippen LogP contribution in [0.1, 0.15) is 6.04 Å². The highest BCUT2D eigenvalue weighted by Gasteiger charge is 2.18. The van der Waals surface area contributed by atoms with Gasteiger partial charge in [0.25, 0.3) is 0 Å². The van der Waals surface area contributed by atoms with E-state index in [-0.39, 0.29) is 11.3 Å². The predicted molar refractivity (Wildman–Crippen MR) is 102 cm³/mol. The zero-order valence-electron chi connectivity index (χ0n) is 14.6. The number of nitrogens with zero attached hydrogens (tertiary/aromatic N) is 4. The highest BCUT2D eigenvalue weighted by atomic mass is 19.1. The van der Waals surface area contributed by atoms with Gasteiger partial charge in [-0.25, -0.2) is 13.8 Å². The van der Waals surface area contributed by atoms with Crippen molar-refractivity contribution in [1.82, 2.24) is 24.7 Å². The van der Waals surface area contributed by atoms with Crippen LogP contribution in [0.4, 0.5) is 20.3 Å². The Morgan fingerprint density at radius 3 is 2.75 bits per heavy atom. The number of pyridine rings is 2. The number of hydrogen-bond donors (Lipinski definition) is 2. The molecular weight excluding hydrogens is 366 g/mol.